The summed E-state index contributed by atoms with van der Waals surface area (Å²) in [5.74, 6) is 0.0637. The summed E-state index contributed by atoms with van der Waals surface area (Å²) in [6, 6.07) is 11.4. The number of rotatable bonds is 7. The van der Waals surface area contributed by atoms with Crippen LogP contribution in [0.15, 0.2) is 53.4 Å². The summed E-state index contributed by atoms with van der Waals surface area (Å²) in [4.78, 5) is 12.0. The van der Waals surface area contributed by atoms with E-state index in [-0.39, 0.29) is 23.3 Å². The lowest BCUT2D eigenvalue weighted by molar-refractivity contribution is -0.121. The van der Waals surface area contributed by atoms with Gasteiger partial charge in [-0.05, 0) is 67.6 Å². The number of carbonyl (C=O) groups is 1. The van der Waals surface area contributed by atoms with Gasteiger partial charge in [0.15, 0.2) is 0 Å². The van der Waals surface area contributed by atoms with Gasteiger partial charge in [-0.25, -0.2) is 12.8 Å². The van der Waals surface area contributed by atoms with Crippen molar-refractivity contribution in [3.63, 3.8) is 0 Å². The highest BCUT2D eigenvalue weighted by atomic mass is 32.2. The lowest BCUT2D eigenvalue weighted by Gasteiger charge is -2.13. The molecule has 0 bridgehead atoms. The maximum atomic E-state index is 12.9. The maximum Gasteiger partial charge on any atom is 0.261 e. The van der Waals surface area contributed by atoms with Gasteiger partial charge >= 0.3 is 0 Å². The molecule has 0 heterocycles. The van der Waals surface area contributed by atoms with Gasteiger partial charge in [0.1, 0.15) is 5.82 Å². The van der Waals surface area contributed by atoms with Crippen LogP contribution < -0.4 is 10.0 Å². The van der Waals surface area contributed by atoms with Gasteiger partial charge < -0.3 is 5.32 Å². The van der Waals surface area contributed by atoms with E-state index in [1.807, 2.05) is 6.92 Å². The normalized spacial score (nSPS) is 15.3. The minimum absolute atomic E-state index is 0.0172. The van der Waals surface area contributed by atoms with E-state index in [1.54, 1.807) is 24.3 Å². The number of benzene rings is 2. The summed E-state index contributed by atoms with van der Waals surface area (Å²) in [5, 5.41) is 2.99. The molecule has 0 aromatic heterocycles. The van der Waals surface area contributed by atoms with Crippen LogP contribution in [-0.4, -0.2) is 20.4 Å². The highest BCUT2D eigenvalue weighted by molar-refractivity contribution is 7.92. The van der Waals surface area contributed by atoms with Crippen LogP contribution in [0.2, 0.25) is 0 Å². The monoisotopic (exact) mass is 376 g/mol. The summed E-state index contributed by atoms with van der Waals surface area (Å²) in [6.45, 7) is 2.02. The van der Waals surface area contributed by atoms with Gasteiger partial charge in [0, 0.05) is 11.7 Å². The second kappa shape index (κ2) is 7.45. The molecule has 1 unspecified atom stereocenters. The molecule has 0 radical (unpaired) electrons. The summed E-state index contributed by atoms with van der Waals surface area (Å²) >= 11 is 0. The van der Waals surface area contributed by atoms with Gasteiger partial charge in [-0.1, -0.05) is 12.1 Å². The van der Waals surface area contributed by atoms with Crippen LogP contribution >= 0.6 is 0 Å². The second-order valence-electron chi connectivity index (χ2n) is 6.63. The third kappa shape index (κ3) is 4.82. The Morgan fingerprint density at radius 1 is 1.12 bits per heavy atom. The molecule has 1 amide bonds. The van der Waals surface area contributed by atoms with Crippen LogP contribution in [0, 0.1) is 11.7 Å². The molecule has 1 saturated carbocycles. The van der Waals surface area contributed by atoms with E-state index in [0.29, 0.717) is 11.6 Å². The van der Waals surface area contributed by atoms with Gasteiger partial charge in [0.05, 0.1) is 11.3 Å². The van der Waals surface area contributed by atoms with Crippen LogP contribution in [-0.2, 0) is 21.2 Å². The number of carbonyl (C=O) groups excluding carboxylic acids is 1. The molecular weight excluding hydrogens is 355 g/mol. The Labute approximate surface area is 152 Å². The molecule has 1 aliphatic rings. The molecule has 2 aromatic rings. The quantitative estimate of drug-likeness (QED) is 0.780. The summed E-state index contributed by atoms with van der Waals surface area (Å²) in [5.41, 5.74) is 1.18. The first kappa shape index (κ1) is 18.4. The Kier molecular flexibility index (Phi) is 5.27. The highest BCUT2D eigenvalue weighted by Crippen LogP contribution is 2.32. The van der Waals surface area contributed by atoms with E-state index in [0.717, 1.165) is 17.7 Å². The van der Waals surface area contributed by atoms with Crippen molar-refractivity contribution in [3.8, 4) is 0 Å². The average Bonchev–Trinajstić information content (AvgIpc) is 3.42. The van der Waals surface area contributed by atoms with Crippen LogP contribution in [0.3, 0.4) is 0 Å². The molecular formula is C19H21FN2O3S. The van der Waals surface area contributed by atoms with Crippen LogP contribution in [0.25, 0.3) is 0 Å². The molecule has 1 fully saturated rings. The van der Waals surface area contributed by atoms with E-state index in [4.69, 9.17) is 0 Å². The number of nitrogens with one attached hydrogen (secondary N) is 2. The smallest absolute Gasteiger partial charge is 0.261 e. The number of hydrogen-bond acceptors (Lipinski definition) is 3. The predicted octanol–water partition coefficient (Wildman–Crippen LogP) is 3.08. The number of hydrogen-bond donors (Lipinski definition) is 2. The molecule has 2 aromatic carbocycles. The van der Waals surface area contributed by atoms with E-state index < -0.39 is 15.8 Å². The lowest BCUT2D eigenvalue weighted by Crippen LogP contribution is -2.35. The van der Waals surface area contributed by atoms with Gasteiger partial charge in [-0.15, -0.1) is 0 Å². The number of sulfonamides is 1. The summed E-state index contributed by atoms with van der Waals surface area (Å²) in [7, 11) is -3.78. The molecule has 3 rings (SSSR count). The Bertz CT molecular complexity index is 876. The molecule has 5 nitrogen and oxygen atoms in total. The zero-order valence-electron chi connectivity index (χ0n) is 14.4. The maximum absolute atomic E-state index is 12.9. The summed E-state index contributed by atoms with van der Waals surface area (Å²) < 4.78 is 39.9. The van der Waals surface area contributed by atoms with Crippen molar-refractivity contribution in [2.75, 3.05) is 4.72 Å². The predicted molar refractivity (Wildman–Crippen MR) is 97.7 cm³/mol. The molecule has 0 saturated heterocycles. The van der Waals surface area contributed by atoms with Crippen molar-refractivity contribution in [2.45, 2.75) is 37.1 Å². The third-order valence-corrected chi connectivity index (χ3v) is 5.81. The molecule has 26 heavy (non-hydrogen) atoms. The molecule has 0 spiro atoms. The fourth-order valence-electron chi connectivity index (χ4n) is 2.72. The van der Waals surface area contributed by atoms with E-state index in [2.05, 4.69) is 10.0 Å². The average molecular weight is 376 g/mol. The minimum atomic E-state index is -3.78. The number of anilines is 1. The highest BCUT2D eigenvalue weighted by Gasteiger charge is 2.28. The Balaban J connectivity index is 1.60. The van der Waals surface area contributed by atoms with Crippen LogP contribution in [0.5, 0.6) is 0 Å². The third-order valence-electron chi connectivity index (χ3n) is 4.41. The Morgan fingerprint density at radius 2 is 1.73 bits per heavy atom. The molecule has 138 valence electrons. The van der Waals surface area contributed by atoms with Crippen molar-refractivity contribution < 1.29 is 17.6 Å². The Morgan fingerprint density at radius 3 is 2.31 bits per heavy atom. The van der Waals surface area contributed by atoms with Crippen molar-refractivity contribution >= 4 is 21.6 Å². The summed E-state index contributed by atoms with van der Waals surface area (Å²) in [6.07, 6.45) is 2.59. The topological polar surface area (TPSA) is 75.3 Å². The molecule has 7 heteroatoms. The molecule has 1 atom stereocenters. The molecule has 1 aliphatic carbocycles. The Hall–Kier alpha value is -2.41. The SMILES string of the molecule is CC(NC(=O)Cc1ccc(NS(=O)(=O)c2ccc(F)cc2)cc1)C1CC1. The van der Waals surface area contributed by atoms with E-state index in [9.17, 15) is 17.6 Å². The van der Waals surface area contributed by atoms with Gasteiger partial charge in [0.2, 0.25) is 5.91 Å². The number of amides is 1. The first-order chi connectivity index (χ1) is 12.3. The van der Waals surface area contributed by atoms with Gasteiger partial charge in [0.25, 0.3) is 10.0 Å². The van der Waals surface area contributed by atoms with E-state index in [1.165, 1.54) is 25.0 Å². The molecule has 2 N–H and O–H groups in total. The number of halogens is 1. The molecule has 0 aliphatic heterocycles. The van der Waals surface area contributed by atoms with Crippen LogP contribution in [0.1, 0.15) is 25.3 Å². The first-order valence-corrected chi connectivity index (χ1v) is 9.98. The lowest BCUT2D eigenvalue weighted by atomic mass is 10.1. The van der Waals surface area contributed by atoms with E-state index >= 15 is 0 Å². The second-order valence-corrected chi connectivity index (χ2v) is 8.31. The first-order valence-electron chi connectivity index (χ1n) is 8.50. The van der Waals surface area contributed by atoms with Gasteiger partial charge in [-0.3, -0.25) is 9.52 Å². The largest absolute Gasteiger partial charge is 0.353 e. The van der Waals surface area contributed by atoms with Crippen molar-refractivity contribution in [1.82, 2.24) is 5.32 Å². The minimum Gasteiger partial charge on any atom is -0.353 e. The van der Waals surface area contributed by atoms with Crippen molar-refractivity contribution in [3.05, 3.63) is 59.9 Å². The zero-order valence-corrected chi connectivity index (χ0v) is 15.2. The fraction of sp³-hybridized carbons (Fsp3) is 0.316. The fourth-order valence-corrected chi connectivity index (χ4v) is 3.78. The van der Waals surface area contributed by atoms with Crippen molar-refractivity contribution in [1.29, 1.82) is 0 Å². The van der Waals surface area contributed by atoms with Crippen molar-refractivity contribution in [2.24, 2.45) is 5.92 Å². The van der Waals surface area contributed by atoms with Crippen LogP contribution in [0.4, 0.5) is 10.1 Å². The zero-order chi connectivity index (χ0) is 18.7. The van der Waals surface area contributed by atoms with Gasteiger partial charge in [-0.2, -0.15) is 0 Å². The standard InChI is InChI=1S/C19H21FN2O3S/c1-13(15-4-5-15)21-19(23)12-14-2-8-17(9-3-14)22-26(24,25)18-10-6-16(20)7-11-18/h2-3,6-11,13,15,22H,4-5,12H2,1H3,(H,21,23).